The molecule has 5 nitrogen and oxygen atoms in total. The van der Waals surface area contributed by atoms with Gasteiger partial charge in [-0.2, -0.15) is 0 Å². The third kappa shape index (κ3) is 3.28. The number of rotatable bonds is 5. The van der Waals surface area contributed by atoms with Crippen molar-refractivity contribution in [2.24, 2.45) is 0 Å². The number of carbonyl (C=O) groups is 2. The number of amides is 2. The van der Waals surface area contributed by atoms with Crippen molar-refractivity contribution in [3.05, 3.63) is 0 Å². The van der Waals surface area contributed by atoms with E-state index in [0.29, 0.717) is 6.54 Å². The lowest BCUT2D eigenvalue weighted by Crippen LogP contribution is -2.51. The zero-order chi connectivity index (χ0) is 11.3. The van der Waals surface area contributed by atoms with Gasteiger partial charge in [-0.15, -0.1) is 0 Å². The van der Waals surface area contributed by atoms with Crippen molar-refractivity contribution in [1.29, 1.82) is 0 Å². The second kappa shape index (κ2) is 5.82. The molecule has 0 aromatic carbocycles. The third-order valence-corrected chi connectivity index (χ3v) is 2.50. The third-order valence-electron chi connectivity index (χ3n) is 2.50. The highest BCUT2D eigenvalue weighted by Crippen LogP contribution is 2.05. The van der Waals surface area contributed by atoms with E-state index in [9.17, 15) is 9.59 Å². The first kappa shape index (κ1) is 12.1. The predicted molar refractivity (Wildman–Crippen MR) is 55.3 cm³/mol. The van der Waals surface area contributed by atoms with Gasteiger partial charge >= 0.3 is 0 Å². The summed E-state index contributed by atoms with van der Waals surface area (Å²) >= 11 is 0. The zero-order valence-electron chi connectivity index (χ0n) is 9.28. The number of likely N-dealkylation sites (N-methyl/N-ethyl adjacent to an activating group) is 1. The van der Waals surface area contributed by atoms with Crippen LogP contribution in [-0.2, 0) is 14.3 Å². The number of nitrogens with zero attached hydrogens (tertiary/aromatic N) is 1. The molecule has 0 aromatic heterocycles. The van der Waals surface area contributed by atoms with E-state index in [4.69, 9.17) is 4.74 Å². The fourth-order valence-electron chi connectivity index (χ4n) is 1.62. The first-order valence-corrected chi connectivity index (χ1v) is 5.27. The molecule has 1 aliphatic rings. The van der Waals surface area contributed by atoms with Crippen LogP contribution in [0.3, 0.4) is 0 Å². The molecule has 1 atom stereocenters. The monoisotopic (exact) mass is 214 g/mol. The van der Waals surface area contributed by atoms with E-state index in [2.05, 4.69) is 12.2 Å². The van der Waals surface area contributed by atoms with Crippen LogP contribution in [0, 0.1) is 0 Å². The predicted octanol–water partition coefficient (Wildman–Crippen LogP) is -0.240. The number of hydrogen-bond donors (Lipinski definition) is 1. The molecular formula is C10H18N2O3. The summed E-state index contributed by atoms with van der Waals surface area (Å²) in [4.78, 5) is 24.1. The summed E-state index contributed by atoms with van der Waals surface area (Å²) in [5, 5.41) is 3.10. The summed E-state index contributed by atoms with van der Waals surface area (Å²) in [6.45, 7) is 2.57. The molecule has 1 heterocycles. The van der Waals surface area contributed by atoms with Crippen molar-refractivity contribution in [2.75, 3.05) is 26.8 Å². The number of imide groups is 1. The van der Waals surface area contributed by atoms with E-state index in [0.717, 1.165) is 12.8 Å². The molecule has 1 saturated heterocycles. The number of morpholine rings is 1. The van der Waals surface area contributed by atoms with Crippen LogP contribution in [0.5, 0.6) is 0 Å². The molecule has 1 aliphatic heterocycles. The van der Waals surface area contributed by atoms with E-state index in [1.54, 1.807) is 0 Å². The molecule has 1 unspecified atom stereocenters. The molecule has 5 heteroatoms. The average Bonchev–Trinajstić information content (AvgIpc) is 2.22. The van der Waals surface area contributed by atoms with E-state index >= 15 is 0 Å². The van der Waals surface area contributed by atoms with Gasteiger partial charge in [0, 0.05) is 12.6 Å². The topological polar surface area (TPSA) is 58.6 Å². The van der Waals surface area contributed by atoms with Gasteiger partial charge in [0.1, 0.15) is 13.2 Å². The lowest BCUT2D eigenvalue weighted by Gasteiger charge is -2.28. The van der Waals surface area contributed by atoms with Gasteiger partial charge in [-0.1, -0.05) is 13.3 Å². The Kier molecular flexibility index (Phi) is 4.71. The molecule has 0 aromatic rings. The Morgan fingerprint density at radius 3 is 2.47 bits per heavy atom. The van der Waals surface area contributed by atoms with Crippen molar-refractivity contribution < 1.29 is 14.3 Å². The molecular weight excluding hydrogens is 196 g/mol. The van der Waals surface area contributed by atoms with Gasteiger partial charge in [-0.05, 0) is 13.5 Å². The van der Waals surface area contributed by atoms with Crippen molar-refractivity contribution in [2.45, 2.75) is 25.8 Å². The average molecular weight is 214 g/mol. The zero-order valence-corrected chi connectivity index (χ0v) is 9.28. The normalized spacial score (nSPS) is 19.5. The highest BCUT2D eigenvalue weighted by Gasteiger charge is 2.28. The van der Waals surface area contributed by atoms with Crippen LogP contribution in [0.15, 0.2) is 0 Å². The Balaban J connectivity index is 2.52. The van der Waals surface area contributed by atoms with E-state index in [-0.39, 0.29) is 31.1 Å². The SMILES string of the molecule is CCCC(CN1C(=O)COCC1=O)NC. The Bertz CT molecular complexity index is 227. The maximum atomic E-state index is 11.4. The van der Waals surface area contributed by atoms with Gasteiger partial charge in [0.05, 0.1) is 0 Å². The number of ether oxygens (including phenoxy) is 1. The lowest BCUT2D eigenvalue weighted by atomic mass is 10.1. The Labute approximate surface area is 89.8 Å². The van der Waals surface area contributed by atoms with Crippen molar-refractivity contribution in [3.63, 3.8) is 0 Å². The summed E-state index contributed by atoms with van der Waals surface area (Å²) in [5.74, 6) is -0.467. The molecule has 1 rings (SSSR count). The van der Waals surface area contributed by atoms with Crippen LogP contribution in [0.4, 0.5) is 0 Å². The van der Waals surface area contributed by atoms with Crippen molar-refractivity contribution >= 4 is 11.8 Å². The summed E-state index contributed by atoms with van der Waals surface area (Å²) in [6.07, 6.45) is 1.98. The molecule has 1 N–H and O–H groups in total. The quantitative estimate of drug-likeness (QED) is 0.642. The molecule has 2 amide bonds. The van der Waals surface area contributed by atoms with Crippen molar-refractivity contribution in [3.8, 4) is 0 Å². The Morgan fingerprint density at radius 1 is 1.40 bits per heavy atom. The largest absolute Gasteiger partial charge is 0.362 e. The minimum Gasteiger partial charge on any atom is -0.362 e. The molecule has 0 aliphatic carbocycles. The van der Waals surface area contributed by atoms with Gasteiger partial charge in [0.15, 0.2) is 0 Å². The fraction of sp³-hybridized carbons (Fsp3) is 0.800. The molecule has 0 radical (unpaired) electrons. The second-order valence-corrected chi connectivity index (χ2v) is 3.67. The summed E-state index contributed by atoms with van der Waals surface area (Å²) in [7, 11) is 1.84. The Morgan fingerprint density at radius 2 is 2.00 bits per heavy atom. The first-order chi connectivity index (χ1) is 7.19. The lowest BCUT2D eigenvalue weighted by molar-refractivity contribution is -0.158. The number of hydrogen-bond acceptors (Lipinski definition) is 4. The molecule has 0 spiro atoms. The smallest absolute Gasteiger partial charge is 0.255 e. The van der Waals surface area contributed by atoms with Crippen LogP contribution in [0.2, 0.25) is 0 Å². The standard InChI is InChI=1S/C10H18N2O3/c1-3-4-8(11-2)5-12-9(13)6-15-7-10(12)14/h8,11H,3-7H2,1-2H3. The van der Waals surface area contributed by atoms with Gasteiger partial charge in [-0.3, -0.25) is 14.5 Å². The summed E-state index contributed by atoms with van der Waals surface area (Å²) in [5.41, 5.74) is 0. The van der Waals surface area contributed by atoms with Crippen LogP contribution >= 0.6 is 0 Å². The van der Waals surface area contributed by atoms with Gasteiger partial charge < -0.3 is 10.1 Å². The highest BCUT2D eigenvalue weighted by molar-refractivity contribution is 5.98. The van der Waals surface area contributed by atoms with Gasteiger partial charge in [0.2, 0.25) is 0 Å². The summed E-state index contributed by atoms with van der Waals surface area (Å²) < 4.78 is 4.84. The summed E-state index contributed by atoms with van der Waals surface area (Å²) in [6, 6.07) is 0.181. The molecule has 0 bridgehead atoms. The maximum Gasteiger partial charge on any atom is 0.255 e. The first-order valence-electron chi connectivity index (χ1n) is 5.27. The molecule has 86 valence electrons. The molecule has 0 saturated carbocycles. The fourth-order valence-corrected chi connectivity index (χ4v) is 1.62. The number of carbonyl (C=O) groups excluding carboxylic acids is 2. The van der Waals surface area contributed by atoms with Crippen LogP contribution in [-0.4, -0.2) is 49.6 Å². The van der Waals surface area contributed by atoms with E-state index < -0.39 is 0 Å². The van der Waals surface area contributed by atoms with Gasteiger partial charge in [0.25, 0.3) is 11.8 Å². The van der Waals surface area contributed by atoms with Crippen LogP contribution in [0.1, 0.15) is 19.8 Å². The minimum atomic E-state index is -0.234. The van der Waals surface area contributed by atoms with Crippen LogP contribution < -0.4 is 5.32 Å². The van der Waals surface area contributed by atoms with E-state index in [1.165, 1.54) is 4.90 Å². The van der Waals surface area contributed by atoms with Crippen molar-refractivity contribution in [1.82, 2.24) is 10.2 Å². The maximum absolute atomic E-state index is 11.4. The Hall–Kier alpha value is -0.940. The van der Waals surface area contributed by atoms with Crippen LogP contribution in [0.25, 0.3) is 0 Å². The molecule has 1 fully saturated rings. The minimum absolute atomic E-state index is 0.0221. The molecule has 15 heavy (non-hydrogen) atoms. The van der Waals surface area contributed by atoms with Gasteiger partial charge in [-0.25, -0.2) is 0 Å². The second-order valence-electron chi connectivity index (χ2n) is 3.67. The highest BCUT2D eigenvalue weighted by atomic mass is 16.5. The van der Waals surface area contributed by atoms with E-state index in [1.807, 2.05) is 7.05 Å². The number of nitrogens with one attached hydrogen (secondary N) is 1.